The Morgan fingerprint density at radius 2 is 1.97 bits per heavy atom. The van der Waals surface area contributed by atoms with E-state index in [0.717, 1.165) is 34.8 Å². The average molecular weight is 387 g/mol. The van der Waals surface area contributed by atoms with Gasteiger partial charge in [-0.05, 0) is 56.2 Å². The zero-order valence-corrected chi connectivity index (χ0v) is 16.4. The van der Waals surface area contributed by atoms with Gasteiger partial charge in [0, 0.05) is 43.2 Å². The molecule has 1 saturated heterocycles. The van der Waals surface area contributed by atoms with E-state index < -0.39 is 0 Å². The van der Waals surface area contributed by atoms with Gasteiger partial charge in [-0.1, -0.05) is 0 Å². The molecular weight excluding hydrogens is 366 g/mol. The van der Waals surface area contributed by atoms with Gasteiger partial charge >= 0.3 is 0 Å². The lowest BCUT2D eigenvalue weighted by Gasteiger charge is -2.15. The van der Waals surface area contributed by atoms with Crippen molar-refractivity contribution in [3.8, 4) is 11.1 Å². The molecule has 146 valence electrons. The summed E-state index contributed by atoms with van der Waals surface area (Å²) >= 11 is 0. The number of pyridine rings is 2. The van der Waals surface area contributed by atoms with Crippen molar-refractivity contribution in [1.29, 1.82) is 0 Å². The van der Waals surface area contributed by atoms with Gasteiger partial charge in [-0.25, -0.2) is 9.50 Å². The Morgan fingerprint density at radius 1 is 1.14 bits per heavy atom. The summed E-state index contributed by atoms with van der Waals surface area (Å²) in [5, 5.41) is 4.70. The molecule has 4 aromatic heterocycles. The molecule has 0 spiro atoms. The van der Waals surface area contributed by atoms with Crippen LogP contribution in [-0.4, -0.2) is 43.5 Å². The number of aromatic nitrogens is 4. The summed E-state index contributed by atoms with van der Waals surface area (Å²) in [6, 6.07) is 9.77. The molecule has 1 aliphatic heterocycles. The second-order valence-electron chi connectivity index (χ2n) is 7.49. The maximum atomic E-state index is 12.8. The summed E-state index contributed by atoms with van der Waals surface area (Å²) in [6.07, 6.45) is 6.39. The first-order valence-electron chi connectivity index (χ1n) is 9.71. The van der Waals surface area contributed by atoms with E-state index in [1.54, 1.807) is 12.4 Å². The number of nitrogens with zero attached hydrogens (tertiary/aromatic N) is 5. The summed E-state index contributed by atoms with van der Waals surface area (Å²) in [4.78, 5) is 23.5. The molecular formula is C22H21N5O2. The minimum atomic E-state index is 0.0191. The van der Waals surface area contributed by atoms with Gasteiger partial charge in [0.2, 0.25) is 0 Å². The molecule has 5 heterocycles. The second kappa shape index (κ2) is 6.84. The smallest absolute Gasteiger partial charge is 0.257 e. The van der Waals surface area contributed by atoms with Gasteiger partial charge in [0.15, 0.2) is 11.5 Å². The fourth-order valence-corrected chi connectivity index (χ4v) is 3.96. The quantitative estimate of drug-likeness (QED) is 0.536. The lowest BCUT2D eigenvalue weighted by Crippen LogP contribution is -2.28. The Balaban J connectivity index is 1.37. The van der Waals surface area contributed by atoms with Gasteiger partial charge in [-0.2, -0.15) is 5.10 Å². The van der Waals surface area contributed by atoms with Crippen LogP contribution in [0.25, 0.3) is 16.8 Å². The first-order chi connectivity index (χ1) is 14.1. The number of amides is 1. The molecule has 0 saturated carbocycles. The molecule has 7 nitrogen and oxygen atoms in total. The van der Waals surface area contributed by atoms with Crippen LogP contribution in [0.1, 0.15) is 40.0 Å². The third kappa shape index (κ3) is 3.18. The summed E-state index contributed by atoms with van der Waals surface area (Å²) in [6.45, 7) is 5.01. The molecule has 1 aliphatic rings. The lowest BCUT2D eigenvalue weighted by atomic mass is 10.1. The molecule has 1 atom stereocenters. The van der Waals surface area contributed by atoms with Crippen molar-refractivity contribution in [2.45, 2.75) is 26.2 Å². The molecule has 0 unspecified atom stereocenters. The van der Waals surface area contributed by atoms with Crippen LogP contribution in [0.3, 0.4) is 0 Å². The molecule has 0 aliphatic carbocycles. The van der Waals surface area contributed by atoms with E-state index >= 15 is 0 Å². The van der Waals surface area contributed by atoms with E-state index in [1.165, 1.54) is 0 Å². The van der Waals surface area contributed by atoms with E-state index in [9.17, 15) is 4.79 Å². The first kappa shape index (κ1) is 17.6. The Kier molecular flexibility index (Phi) is 4.16. The Morgan fingerprint density at radius 3 is 2.72 bits per heavy atom. The molecule has 1 amide bonds. The van der Waals surface area contributed by atoms with Gasteiger partial charge in [0.25, 0.3) is 5.91 Å². The summed E-state index contributed by atoms with van der Waals surface area (Å²) in [7, 11) is 0. The lowest BCUT2D eigenvalue weighted by molar-refractivity contribution is 0.0789. The van der Waals surface area contributed by atoms with Crippen LogP contribution in [0.4, 0.5) is 0 Å². The highest BCUT2D eigenvalue weighted by atomic mass is 16.3. The van der Waals surface area contributed by atoms with Crippen LogP contribution < -0.4 is 0 Å². The van der Waals surface area contributed by atoms with Crippen molar-refractivity contribution in [3.05, 3.63) is 71.8 Å². The Labute approximate surface area is 168 Å². The van der Waals surface area contributed by atoms with Crippen LogP contribution in [0.5, 0.6) is 0 Å². The third-order valence-electron chi connectivity index (χ3n) is 5.47. The molecule has 0 bridgehead atoms. The first-order valence-corrected chi connectivity index (χ1v) is 9.71. The number of hydrogen-bond donors (Lipinski definition) is 0. The van der Waals surface area contributed by atoms with Crippen molar-refractivity contribution in [2.75, 3.05) is 13.1 Å². The second-order valence-corrected chi connectivity index (χ2v) is 7.49. The molecule has 7 heteroatoms. The Bertz CT molecular complexity index is 1190. The molecule has 4 aromatic rings. The number of aryl methyl sites for hydroxylation is 2. The molecule has 0 aromatic carbocycles. The number of rotatable bonds is 3. The van der Waals surface area contributed by atoms with Crippen LogP contribution in [0.15, 0.2) is 53.3 Å². The van der Waals surface area contributed by atoms with Crippen molar-refractivity contribution >= 4 is 11.6 Å². The van der Waals surface area contributed by atoms with Gasteiger partial charge in [0.1, 0.15) is 11.5 Å². The Hall–Kier alpha value is -3.48. The van der Waals surface area contributed by atoms with Gasteiger partial charge < -0.3 is 9.32 Å². The number of carbonyl (C=O) groups is 1. The van der Waals surface area contributed by atoms with E-state index in [0.29, 0.717) is 24.4 Å². The van der Waals surface area contributed by atoms with E-state index in [4.69, 9.17) is 14.5 Å². The predicted octanol–water partition coefficient (Wildman–Crippen LogP) is 3.63. The maximum Gasteiger partial charge on any atom is 0.257 e. The number of hydrogen-bond acceptors (Lipinski definition) is 5. The predicted molar refractivity (Wildman–Crippen MR) is 108 cm³/mol. The zero-order chi connectivity index (χ0) is 20.0. The molecule has 0 radical (unpaired) electrons. The third-order valence-corrected chi connectivity index (χ3v) is 5.47. The van der Waals surface area contributed by atoms with Crippen LogP contribution in [0, 0.1) is 13.8 Å². The summed E-state index contributed by atoms with van der Waals surface area (Å²) < 4.78 is 7.33. The van der Waals surface area contributed by atoms with Crippen LogP contribution >= 0.6 is 0 Å². The van der Waals surface area contributed by atoms with Crippen LogP contribution in [0.2, 0.25) is 0 Å². The van der Waals surface area contributed by atoms with E-state index in [1.807, 2.05) is 59.8 Å². The average Bonchev–Trinajstić information content (AvgIpc) is 3.45. The fourth-order valence-electron chi connectivity index (χ4n) is 3.96. The van der Waals surface area contributed by atoms with Gasteiger partial charge in [-0.15, -0.1) is 0 Å². The number of fused-ring (bicyclic) bond motifs is 1. The highest BCUT2D eigenvalue weighted by Gasteiger charge is 2.31. The van der Waals surface area contributed by atoms with Crippen molar-refractivity contribution < 1.29 is 9.21 Å². The zero-order valence-electron chi connectivity index (χ0n) is 16.4. The number of furan rings is 1. The minimum Gasteiger partial charge on any atom is -0.466 e. The van der Waals surface area contributed by atoms with E-state index in [2.05, 4.69) is 4.98 Å². The van der Waals surface area contributed by atoms with Gasteiger partial charge in [0.05, 0.1) is 5.56 Å². The number of likely N-dealkylation sites (tertiary alicyclic amines) is 1. The molecule has 1 fully saturated rings. The molecule has 5 rings (SSSR count). The minimum absolute atomic E-state index is 0.0191. The molecule has 0 N–H and O–H groups in total. The molecule has 29 heavy (non-hydrogen) atoms. The van der Waals surface area contributed by atoms with Crippen molar-refractivity contribution in [3.63, 3.8) is 0 Å². The number of carbonyl (C=O) groups excluding carboxylic acids is 1. The summed E-state index contributed by atoms with van der Waals surface area (Å²) in [5.41, 5.74) is 3.60. The monoisotopic (exact) mass is 387 g/mol. The van der Waals surface area contributed by atoms with E-state index in [-0.39, 0.29) is 11.8 Å². The van der Waals surface area contributed by atoms with Crippen molar-refractivity contribution in [2.24, 2.45) is 0 Å². The van der Waals surface area contributed by atoms with Gasteiger partial charge in [-0.3, -0.25) is 9.78 Å². The standard InChI is InChI=1S/C22H21N5O2/c1-14-11-19(15(2)29-14)22(28)26-10-7-18(12-26)21-24-20-4-3-17(13-27(20)25-21)16-5-8-23-9-6-16/h3-6,8-9,11,13,18H,7,10,12H2,1-2H3/t18-/m0/s1. The highest BCUT2D eigenvalue weighted by Crippen LogP contribution is 2.28. The summed E-state index contributed by atoms with van der Waals surface area (Å²) in [5.74, 6) is 2.37. The normalized spacial score (nSPS) is 16.6. The van der Waals surface area contributed by atoms with Crippen molar-refractivity contribution in [1.82, 2.24) is 24.5 Å². The van der Waals surface area contributed by atoms with Crippen LogP contribution in [-0.2, 0) is 0 Å². The maximum absolute atomic E-state index is 12.8. The topological polar surface area (TPSA) is 76.5 Å². The largest absolute Gasteiger partial charge is 0.466 e. The SMILES string of the molecule is Cc1cc(C(=O)N2CC[C@H](c3nc4ccc(-c5ccncc5)cn4n3)C2)c(C)o1. The fraction of sp³-hybridized carbons (Fsp3) is 0.273. The highest BCUT2D eigenvalue weighted by molar-refractivity contribution is 5.95.